The lowest BCUT2D eigenvalue weighted by Crippen LogP contribution is -2.21. The van der Waals surface area contributed by atoms with Gasteiger partial charge in [-0.15, -0.1) is 0 Å². The van der Waals surface area contributed by atoms with E-state index in [-0.39, 0.29) is 11.5 Å². The Bertz CT molecular complexity index is 491. The number of nitrogens with two attached hydrogens (primary N) is 1. The zero-order valence-electron chi connectivity index (χ0n) is 7.53. The summed E-state index contributed by atoms with van der Waals surface area (Å²) in [5.74, 6) is -1.31. The summed E-state index contributed by atoms with van der Waals surface area (Å²) in [7, 11) is -3.78. The number of furan rings is 1. The summed E-state index contributed by atoms with van der Waals surface area (Å²) in [6, 6.07) is 2.38. The van der Waals surface area contributed by atoms with Crippen LogP contribution < -0.4 is 5.73 Å². The normalized spacial score (nSPS) is 12.7. The van der Waals surface area contributed by atoms with Crippen molar-refractivity contribution in [3.05, 3.63) is 23.7 Å². The predicted molar refractivity (Wildman–Crippen MR) is 55.5 cm³/mol. The Balaban J connectivity index is 3.23. The maximum atomic E-state index is 11.2. The molecule has 1 amide bonds. The summed E-state index contributed by atoms with van der Waals surface area (Å²) in [5, 5.41) is 0. The molecule has 1 aromatic heterocycles. The molecule has 0 atom stereocenters. The summed E-state index contributed by atoms with van der Waals surface area (Å²) in [5.41, 5.74) is 4.91. The highest BCUT2D eigenvalue weighted by Crippen LogP contribution is 2.39. The third kappa shape index (κ3) is 2.27. The van der Waals surface area contributed by atoms with Gasteiger partial charge in [0.1, 0.15) is 0 Å². The van der Waals surface area contributed by atoms with Crippen LogP contribution in [0.25, 0.3) is 0 Å². The van der Waals surface area contributed by atoms with Crippen molar-refractivity contribution in [2.45, 2.75) is 3.67 Å². The zero-order valence-corrected chi connectivity index (χ0v) is 9.86. The van der Waals surface area contributed by atoms with Crippen LogP contribution >= 0.6 is 23.2 Å². The molecule has 0 aliphatic rings. The van der Waals surface area contributed by atoms with E-state index in [1.165, 1.54) is 12.1 Å². The second kappa shape index (κ2) is 3.70. The Kier molecular flexibility index (Phi) is 3.04. The van der Waals surface area contributed by atoms with Gasteiger partial charge in [-0.3, -0.25) is 4.79 Å². The monoisotopic (exact) mass is 271 g/mol. The molecule has 84 valence electrons. The Morgan fingerprint density at radius 1 is 1.47 bits per heavy atom. The van der Waals surface area contributed by atoms with E-state index < -0.39 is 19.4 Å². The molecule has 0 radical (unpaired) electrons. The van der Waals surface area contributed by atoms with Gasteiger partial charge in [0, 0.05) is 6.26 Å². The Morgan fingerprint density at radius 2 is 2.00 bits per heavy atom. The molecule has 0 saturated carbocycles. The molecular formula is C7H7Cl2NO4S. The fraction of sp³-hybridized carbons (Fsp3) is 0.286. The molecule has 1 rings (SSSR count). The first-order chi connectivity index (χ1) is 6.66. The SMILES string of the molecule is CS(=O)(=O)C(Cl)(Cl)c1ccc(C(N)=O)o1. The first-order valence-electron chi connectivity index (χ1n) is 3.64. The Hall–Kier alpha value is -0.720. The molecule has 0 spiro atoms. The van der Waals surface area contributed by atoms with Crippen molar-refractivity contribution in [3.8, 4) is 0 Å². The van der Waals surface area contributed by atoms with Gasteiger partial charge in [-0.25, -0.2) is 8.42 Å². The molecule has 5 nitrogen and oxygen atoms in total. The first-order valence-corrected chi connectivity index (χ1v) is 6.28. The third-order valence-electron chi connectivity index (χ3n) is 1.60. The van der Waals surface area contributed by atoms with Crippen LogP contribution in [0.1, 0.15) is 16.3 Å². The number of carbonyl (C=O) groups excluding carboxylic acids is 1. The Labute approximate surface area is 96.1 Å². The van der Waals surface area contributed by atoms with Crippen molar-refractivity contribution in [1.82, 2.24) is 0 Å². The lowest BCUT2D eigenvalue weighted by molar-refractivity contribution is 0.0972. The van der Waals surface area contributed by atoms with E-state index in [0.717, 1.165) is 6.26 Å². The lowest BCUT2D eigenvalue weighted by Gasteiger charge is -2.13. The number of halogens is 2. The van der Waals surface area contributed by atoms with Crippen LogP contribution in [0.3, 0.4) is 0 Å². The van der Waals surface area contributed by atoms with Crippen LogP contribution in [-0.4, -0.2) is 20.6 Å². The van der Waals surface area contributed by atoms with E-state index in [0.29, 0.717) is 0 Å². The molecule has 0 aliphatic heterocycles. The van der Waals surface area contributed by atoms with E-state index in [9.17, 15) is 13.2 Å². The molecule has 0 fully saturated rings. The van der Waals surface area contributed by atoms with Crippen LogP contribution in [0.2, 0.25) is 0 Å². The maximum absolute atomic E-state index is 11.2. The smallest absolute Gasteiger partial charge is 0.284 e. The van der Waals surface area contributed by atoms with Crippen molar-refractivity contribution in [2.75, 3.05) is 6.26 Å². The molecule has 0 aromatic carbocycles. The van der Waals surface area contributed by atoms with Crippen molar-refractivity contribution in [3.63, 3.8) is 0 Å². The van der Waals surface area contributed by atoms with Crippen LogP contribution in [0, 0.1) is 0 Å². The third-order valence-corrected chi connectivity index (χ3v) is 4.79. The standard InChI is InChI=1S/C7H7Cl2NO4S/c1-15(12,13)7(8,9)5-3-2-4(14-5)6(10)11/h2-3H,1H3,(H2,10,11). The average Bonchev–Trinajstić information content (AvgIpc) is 2.49. The Morgan fingerprint density at radius 3 is 2.33 bits per heavy atom. The quantitative estimate of drug-likeness (QED) is 0.831. The van der Waals surface area contributed by atoms with Crippen molar-refractivity contribution in [1.29, 1.82) is 0 Å². The number of sulfone groups is 1. The van der Waals surface area contributed by atoms with Crippen LogP contribution in [0.4, 0.5) is 0 Å². The van der Waals surface area contributed by atoms with Gasteiger partial charge < -0.3 is 10.2 Å². The molecule has 0 bridgehead atoms. The molecule has 0 unspecified atom stereocenters. The van der Waals surface area contributed by atoms with Gasteiger partial charge in [-0.05, 0) is 12.1 Å². The first kappa shape index (κ1) is 12.4. The van der Waals surface area contributed by atoms with E-state index in [4.69, 9.17) is 33.4 Å². The molecule has 1 aromatic rings. The van der Waals surface area contributed by atoms with Gasteiger partial charge in [0.05, 0.1) is 0 Å². The number of amides is 1. The number of carbonyl (C=O) groups is 1. The van der Waals surface area contributed by atoms with Crippen LogP contribution in [0.15, 0.2) is 16.5 Å². The van der Waals surface area contributed by atoms with E-state index in [1.54, 1.807) is 0 Å². The topological polar surface area (TPSA) is 90.4 Å². The predicted octanol–water partition coefficient (Wildman–Crippen LogP) is 1.01. The van der Waals surface area contributed by atoms with Crippen LogP contribution in [-0.2, 0) is 13.5 Å². The molecule has 15 heavy (non-hydrogen) atoms. The number of hydrogen-bond acceptors (Lipinski definition) is 4. The van der Waals surface area contributed by atoms with Gasteiger partial charge in [-0.1, -0.05) is 23.2 Å². The number of hydrogen-bond donors (Lipinski definition) is 1. The minimum atomic E-state index is -3.78. The number of alkyl halides is 2. The van der Waals surface area contributed by atoms with Gasteiger partial charge in [0.15, 0.2) is 21.4 Å². The van der Waals surface area contributed by atoms with Crippen molar-refractivity contribution < 1.29 is 17.6 Å². The number of primary amides is 1. The zero-order chi connectivity index (χ0) is 11.9. The average molecular weight is 272 g/mol. The maximum Gasteiger partial charge on any atom is 0.284 e. The lowest BCUT2D eigenvalue weighted by atomic mass is 10.4. The van der Waals surface area contributed by atoms with E-state index in [1.807, 2.05) is 0 Å². The largest absolute Gasteiger partial charge is 0.452 e. The van der Waals surface area contributed by atoms with Gasteiger partial charge >= 0.3 is 0 Å². The van der Waals surface area contributed by atoms with Crippen LogP contribution in [0.5, 0.6) is 0 Å². The molecule has 0 saturated heterocycles. The summed E-state index contributed by atoms with van der Waals surface area (Å²) < 4.78 is 25.0. The minimum Gasteiger partial charge on any atom is -0.452 e. The van der Waals surface area contributed by atoms with Crippen molar-refractivity contribution in [2.24, 2.45) is 5.73 Å². The summed E-state index contributed by atoms with van der Waals surface area (Å²) in [4.78, 5) is 10.7. The van der Waals surface area contributed by atoms with Gasteiger partial charge in [-0.2, -0.15) is 0 Å². The summed E-state index contributed by atoms with van der Waals surface area (Å²) in [6.45, 7) is 0. The summed E-state index contributed by atoms with van der Waals surface area (Å²) >= 11 is 11.2. The highest BCUT2D eigenvalue weighted by molar-refractivity contribution is 7.94. The molecule has 0 aliphatic carbocycles. The van der Waals surface area contributed by atoms with Crippen molar-refractivity contribution >= 4 is 38.9 Å². The highest BCUT2D eigenvalue weighted by atomic mass is 35.5. The minimum absolute atomic E-state index is 0.209. The molecule has 1 heterocycles. The van der Waals surface area contributed by atoms with E-state index >= 15 is 0 Å². The summed E-state index contributed by atoms with van der Waals surface area (Å²) in [6.07, 6.45) is 0.847. The second-order valence-corrected chi connectivity index (χ2v) is 6.75. The number of rotatable bonds is 3. The fourth-order valence-electron chi connectivity index (χ4n) is 0.809. The molecule has 2 N–H and O–H groups in total. The highest BCUT2D eigenvalue weighted by Gasteiger charge is 2.42. The second-order valence-electron chi connectivity index (χ2n) is 2.82. The van der Waals surface area contributed by atoms with Gasteiger partial charge in [0.2, 0.25) is 0 Å². The van der Waals surface area contributed by atoms with Gasteiger partial charge in [0.25, 0.3) is 9.57 Å². The fourth-order valence-corrected chi connectivity index (χ4v) is 1.49. The molecular weight excluding hydrogens is 265 g/mol. The van der Waals surface area contributed by atoms with E-state index in [2.05, 4.69) is 0 Å². The molecule has 8 heteroatoms.